The van der Waals surface area contributed by atoms with Gasteiger partial charge in [0.25, 0.3) is 0 Å². The zero-order chi connectivity index (χ0) is 21.6. The van der Waals surface area contributed by atoms with Crippen LogP contribution < -0.4 is 0 Å². The van der Waals surface area contributed by atoms with Crippen LogP contribution >= 0.6 is 12.6 Å². The molecule has 3 heteroatoms. The molecule has 2 rings (SSSR count). The molecule has 30 heavy (non-hydrogen) atoms. The molecule has 0 saturated carbocycles. The van der Waals surface area contributed by atoms with E-state index < -0.39 is 0 Å². The van der Waals surface area contributed by atoms with Gasteiger partial charge in [0.1, 0.15) is 0 Å². The number of thiol groups is 1. The summed E-state index contributed by atoms with van der Waals surface area (Å²) in [5.41, 5.74) is 3.64. The van der Waals surface area contributed by atoms with E-state index in [0.717, 1.165) is 22.7 Å². The second-order valence-corrected chi connectivity index (χ2v) is 9.30. The van der Waals surface area contributed by atoms with E-state index in [1.807, 2.05) is 12.4 Å². The van der Waals surface area contributed by atoms with Gasteiger partial charge in [0, 0.05) is 22.9 Å². The van der Waals surface area contributed by atoms with Crippen LogP contribution in [0.15, 0.2) is 35.5 Å². The number of aryl methyl sites for hydroxylation is 1. The normalized spacial score (nSPS) is 12.3. The summed E-state index contributed by atoms with van der Waals surface area (Å²) < 4.78 is 0. The van der Waals surface area contributed by atoms with Crippen LogP contribution in [0.25, 0.3) is 11.4 Å². The second-order valence-electron chi connectivity index (χ2n) is 8.81. The lowest BCUT2D eigenvalue weighted by atomic mass is 9.94. The predicted octanol–water partition coefficient (Wildman–Crippen LogP) is 8.80. The quantitative estimate of drug-likeness (QED) is 0.227. The molecule has 1 atom stereocenters. The monoisotopic (exact) mass is 426 g/mol. The van der Waals surface area contributed by atoms with Crippen LogP contribution in [-0.4, -0.2) is 9.97 Å². The standard InChI is InChI=1S/C27H42N2S/c1-4-6-8-10-11-12-14-16-23-20-28-27(29-21-23)25-18-17-24(19-26(25)30)22(3)15-13-9-7-5-2/h17-22,30H,4-16H2,1-3H3. The van der Waals surface area contributed by atoms with Crippen molar-refractivity contribution in [1.29, 1.82) is 0 Å². The lowest BCUT2D eigenvalue weighted by molar-refractivity contribution is 0.579. The van der Waals surface area contributed by atoms with E-state index in [2.05, 4.69) is 48.9 Å². The molecule has 0 amide bonds. The van der Waals surface area contributed by atoms with Crippen LogP contribution in [0.2, 0.25) is 0 Å². The van der Waals surface area contributed by atoms with E-state index in [4.69, 9.17) is 12.6 Å². The third-order valence-electron chi connectivity index (χ3n) is 6.10. The Morgan fingerprint density at radius 3 is 2.03 bits per heavy atom. The molecule has 0 bridgehead atoms. The summed E-state index contributed by atoms with van der Waals surface area (Å²) in [6, 6.07) is 6.58. The third kappa shape index (κ3) is 8.79. The maximum atomic E-state index is 4.75. The van der Waals surface area contributed by atoms with E-state index in [9.17, 15) is 0 Å². The van der Waals surface area contributed by atoms with Crippen molar-refractivity contribution in [3.8, 4) is 11.4 Å². The highest BCUT2D eigenvalue weighted by atomic mass is 32.1. The van der Waals surface area contributed by atoms with E-state index in [-0.39, 0.29) is 0 Å². The lowest BCUT2D eigenvalue weighted by Gasteiger charge is -2.14. The molecule has 0 aliphatic heterocycles. The summed E-state index contributed by atoms with van der Waals surface area (Å²) >= 11 is 4.75. The first kappa shape index (κ1) is 24.9. The van der Waals surface area contributed by atoms with Crippen molar-refractivity contribution >= 4 is 12.6 Å². The molecule has 1 heterocycles. The summed E-state index contributed by atoms with van der Waals surface area (Å²) in [5.74, 6) is 1.36. The Hall–Kier alpha value is -1.35. The van der Waals surface area contributed by atoms with Crippen molar-refractivity contribution < 1.29 is 0 Å². The van der Waals surface area contributed by atoms with Crippen LogP contribution in [0.3, 0.4) is 0 Å². The molecule has 1 aromatic carbocycles. The van der Waals surface area contributed by atoms with Crippen LogP contribution in [0, 0.1) is 0 Å². The fourth-order valence-corrected chi connectivity index (χ4v) is 4.32. The number of hydrogen-bond acceptors (Lipinski definition) is 3. The predicted molar refractivity (Wildman–Crippen MR) is 134 cm³/mol. The molecule has 0 N–H and O–H groups in total. The molecule has 2 aromatic rings. The van der Waals surface area contributed by atoms with Gasteiger partial charge in [-0.15, -0.1) is 12.6 Å². The maximum absolute atomic E-state index is 4.75. The first-order chi connectivity index (χ1) is 14.7. The summed E-state index contributed by atoms with van der Waals surface area (Å²) in [6.45, 7) is 6.85. The Bertz CT molecular complexity index is 711. The van der Waals surface area contributed by atoms with E-state index in [1.54, 1.807) is 0 Å². The topological polar surface area (TPSA) is 25.8 Å². The number of nitrogens with zero attached hydrogens (tertiary/aromatic N) is 2. The van der Waals surface area contributed by atoms with Crippen molar-refractivity contribution in [1.82, 2.24) is 9.97 Å². The van der Waals surface area contributed by atoms with E-state index in [0.29, 0.717) is 5.92 Å². The number of aromatic nitrogens is 2. The van der Waals surface area contributed by atoms with Crippen molar-refractivity contribution in [2.24, 2.45) is 0 Å². The molecule has 1 unspecified atom stereocenters. The second kappa shape index (κ2) is 14.6. The van der Waals surface area contributed by atoms with Crippen molar-refractivity contribution in [3.63, 3.8) is 0 Å². The smallest absolute Gasteiger partial charge is 0.160 e. The van der Waals surface area contributed by atoms with Gasteiger partial charge in [0.05, 0.1) is 0 Å². The van der Waals surface area contributed by atoms with Crippen LogP contribution in [0.5, 0.6) is 0 Å². The van der Waals surface area contributed by atoms with Gasteiger partial charge in [-0.25, -0.2) is 9.97 Å². The number of unbranched alkanes of at least 4 members (excludes halogenated alkanes) is 9. The summed E-state index contributed by atoms with van der Waals surface area (Å²) in [4.78, 5) is 10.2. The number of rotatable bonds is 15. The summed E-state index contributed by atoms with van der Waals surface area (Å²) in [7, 11) is 0. The van der Waals surface area contributed by atoms with Gasteiger partial charge in [-0.2, -0.15) is 0 Å². The number of hydrogen-bond donors (Lipinski definition) is 1. The molecule has 0 saturated heterocycles. The van der Waals surface area contributed by atoms with Crippen molar-refractivity contribution in [3.05, 3.63) is 41.7 Å². The van der Waals surface area contributed by atoms with Crippen molar-refractivity contribution in [2.75, 3.05) is 0 Å². The molecule has 2 nitrogen and oxygen atoms in total. The molecule has 0 aliphatic carbocycles. The maximum Gasteiger partial charge on any atom is 0.160 e. The Kier molecular flexibility index (Phi) is 12.1. The zero-order valence-electron chi connectivity index (χ0n) is 19.5. The highest BCUT2D eigenvalue weighted by molar-refractivity contribution is 7.80. The largest absolute Gasteiger partial charge is 0.236 e. The molecule has 0 spiro atoms. The fraction of sp³-hybridized carbons (Fsp3) is 0.630. The lowest BCUT2D eigenvalue weighted by Crippen LogP contribution is -1.97. The molecule has 166 valence electrons. The highest BCUT2D eigenvalue weighted by Gasteiger charge is 2.11. The number of benzene rings is 1. The summed E-state index contributed by atoms with van der Waals surface area (Å²) in [6.07, 6.45) is 21.0. The molecule has 0 fully saturated rings. The SMILES string of the molecule is CCCCCCCCCc1cnc(-c2ccc(C(C)CCCCCC)cc2S)nc1. The highest BCUT2D eigenvalue weighted by Crippen LogP contribution is 2.30. The van der Waals surface area contributed by atoms with E-state index in [1.165, 1.54) is 88.2 Å². The minimum Gasteiger partial charge on any atom is -0.236 e. The van der Waals surface area contributed by atoms with E-state index >= 15 is 0 Å². The van der Waals surface area contributed by atoms with Gasteiger partial charge in [-0.05, 0) is 48.4 Å². The van der Waals surface area contributed by atoms with Gasteiger partial charge in [0.2, 0.25) is 0 Å². The third-order valence-corrected chi connectivity index (χ3v) is 6.47. The Labute approximate surface area is 190 Å². The average molecular weight is 427 g/mol. The Balaban J connectivity index is 1.84. The zero-order valence-corrected chi connectivity index (χ0v) is 20.4. The molecule has 1 aromatic heterocycles. The molecular weight excluding hydrogens is 384 g/mol. The average Bonchev–Trinajstić information content (AvgIpc) is 2.76. The van der Waals surface area contributed by atoms with Gasteiger partial charge in [0.15, 0.2) is 5.82 Å². The molecule has 0 radical (unpaired) electrons. The summed E-state index contributed by atoms with van der Waals surface area (Å²) in [5, 5.41) is 0. The fourth-order valence-electron chi connectivity index (χ4n) is 4.00. The minimum atomic E-state index is 0.576. The Morgan fingerprint density at radius 1 is 0.800 bits per heavy atom. The Morgan fingerprint density at radius 2 is 1.40 bits per heavy atom. The van der Waals surface area contributed by atoms with Gasteiger partial charge in [-0.3, -0.25) is 0 Å². The van der Waals surface area contributed by atoms with Gasteiger partial charge < -0.3 is 0 Å². The van der Waals surface area contributed by atoms with Crippen LogP contribution in [0.1, 0.15) is 115 Å². The minimum absolute atomic E-state index is 0.576. The first-order valence-electron chi connectivity index (χ1n) is 12.3. The molecular formula is C27H42N2S. The van der Waals surface area contributed by atoms with Gasteiger partial charge >= 0.3 is 0 Å². The van der Waals surface area contributed by atoms with Crippen LogP contribution in [0.4, 0.5) is 0 Å². The van der Waals surface area contributed by atoms with Crippen molar-refractivity contribution in [2.45, 2.75) is 115 Å². The molecule has 0 aliphatic rings. The first-order valence-corrected chi connectivity index (χ1v) is 12.7. The van der Waals surface area contributed by atoms with Crippen LogP contribution in [-0.2, 0) is 6.42 Å². The van der Waals surface area contributed by atoms with Gasteiger partial charge in [-0.1, -0.05) is 91.0 Å².